The Labute approximate surface area is 160 Å². The van der Waals surface area contributed by atoms with Crippen molar-refractivity contribution >= 4 is 22.9 Å². The first kappa shape index (κ1) is 19.4. The minimum absolute atomic E-state index is 0.0700. The van der Waals surface area contributed by atoms with E-state index in [9.17, 15) is 14.7 Å². The van der Waals surface area contributed by atoms with E-state index in [4.69, 9.17) is 0 Å². The van der Waals surface area contributed by atoms with Crippen LogP contribution in [0.3, 0.4) is 0 Å². The van der Waals surface area contributed by atoms with Crippen molar-refractivity contribution in [2.75, 3.05) is 13.1 Å². The average Bonchev–Trinajstić information content (AvgIpc) is 2.96. The Hall–Kier alpha value is -2.37. The van der Waals surface area contributed by atoms with Crippen molar-refractivity contribution in [3.05, 3.63) is 29.6 Å². The van der Waals surface area contributed by atoms with Gasteiger partial charge < -0.3 is 15.0 Å². The minimum Gasteiger partial charge on any atom is -0.481 e. The highest BCUT2D eigenvalue weighted by molar-refractivity contribution is 5.77. The van der Waals surface area contributed by atoms with Gasteiger partial charge in [0.2, 0.25) is 5.91 Å². The number of carbonyl (C=O) groups excluding carboxylic acids is 1. The lowest BCUT2D eigenvalue weighted by Gasteiger charge is -2.38. The molecule has 2 unspecified atom stereocenters. The number of aromatic amines is 1. The smallest absolute Gasteiger partial charge is 0.303 e. The summed E-state index contributed by atoms with van der Waals surface area (Å²) in [5.74, 6) is 0.768. The summed E-state index contributed by atoms with van der Waals surface area (Å²) in [6.45, 7) is 7.40. The molecule has 27 heavy (non-hydrogen) atoms. The number of carboxylic acids is 1. The second kappa shape index (κ2) is 8.11. The third kappa shape index (κ3) is 4.87. The molecule has 2 aromatic rings. The summed E-state index contributed by atoms with van der Waals surface area (Å²) in [4.78, 5) is 33.8. The van der Waals surface area contributed by atoms with Crippen LogP contribution in [-0.4, -0.2) is 44.9 Å². The van der Waals surface area contributed by atoms with E-state index in [0.29, 0.717) is 31.8 Å². The number of imidazole rings is 1. The standard InChI is InChI=1S/C21H29N3O3/c1-13(2)8-20(25)24-7-6-15(11-21(26)27)16(12-24)10-19-22-17-5-4-14(3)9-18(17)23-19/h4-5,9,13,15-16H,6-8,10-12H2,1-3H3,(H,22,23)(H,26,27). The van der Waals surface area contributed by atoms with Gasteiger partial charge in [-0.15, -0.1) is 0 Å². The molecule has 0 saturated carbocycles. The first-order valence-electron chi connectivity index (χ1n) is 9.76. The molecule has 146 valence electrons. The molecule has 1 aromatic heterocycles. The number of likely N-dealkylation sites (tertiary alicyclic amines) is 1. The Morgan fingerprint density at radius 2 is 2.11 bits per heavy atom. The number of amides is 1. The predicted octanol–water partition coefficient (Wildman–Crippen LogP) is 3.40. The molecule has 6 nitrogen and oxygen atoms in total. The Morgan fingerprint density at radius 1 is 1.33 bits per heavy atom. The number of H-pyrrole nitrogens is 1. The molecular formula is C21H29N3O3. The molecule has 2 N–H and O–H groups in total. The number of carbonyl (C=O) groups is 2. The molecule has 1 saturated heterocycles. The fraction of sp³-hybridized carbons (Fsp3) is 0.571. The maximum Gasteiger partial charge on any atom is 0.303 e. The molecule has 1 fully saturated rings. The number of aliphatic carboxylic acids is 1. The molecule has 2 atom stereocenters. The van der Waals surface area contributed by atoms with Crippen molar-refractivity contribution < 1.29 is 14.7 Å². The molecule has 3 rings (SSSR count). The fourth-order valence-corrected chi connectivity index (χ4v) is 4.03. The molecule has 0 radical (unpaired) electrons. The van der Waals surface area contributed by atoms with Crippen LogP contribution in [0.5, 0.6) is 0 Å². The number of piperidine rings is 1. The molecule has 0 aliphatic carbocycles. The molecule has 1 aromatic carbocycles. The molecule has 0 spiro atoms. The normalized spacial score (nSPS) is 20.4. The Kier molecular flexibility index (Phi) is 5.82. The van der Waals surface area contributed by atoms with E-state index in [-0.39, 0.29) is 24.2 Å². The molecule has 1 amide bonds. The van der Waals surface area contributed by atoms with Crippen LogP contribution >= 0.6 is 0 Å². The molecule has 1 aliphatic rings. The SMILES string of the molecule is Cc1ccc2nc(CC3CN(C(=O)CC(C)C)CCC3CC(=O)O)[nH]c2c1. The molecule has 6 heteroatoms. The number of nitrogens with one attached hydrogen (secondary N) is 1. The summed E-state index contributed by atoms with van der Waals surface area (Å²) in [5.41, 5.74) is 3.10. The summed E-state index contributed by atoms with van der Waals surface area (Å²) < 4.78 is 0. The fourth-order valence-electron chi connectivity index (χ4n) is 4.03. The third-order valence-corrected chi connectivity index (χ3v) is 5.41. The number of fused-ring (bicyclic) bond motifs is 1. The highest BCUT2D eigenvalue weighted by Crippen LogP contribution is 2.30. The van der Waals surface area contributed by atoms with E-state index in [1.54, 1.807) is 0 Å². The largest absolute Gasteiger partial charge is 0.481 e. The molecule has 2 heterocycles. The first-order valence-corrected chi connectivity index (χ1v) is 9.76. The predicted molar refractivity (Wildman–Crippen MR) is 104 cm³/mol. The monoisotopic (exact) mass is 371 g/mol. The van der Waals surface area contributed by atoms with Gasteiger partial charge in [0.05, 0.1) is 11.0 Å². The number of nitrogens with zero attached hydrogens (tertiary/aromatic N) is 2. The number of benzene rings is 1. The third-order valence-electron chi connectivity index (χ3n) is 5.41. The van der Waals surface area contributed by atoms with E-state index >= 15 is 0 Å². The van der Waals surface area contributed by atoms with Crippen molar-refractivity contribution in [1.29, 1.82) is 0 Å². The molecule has 0 bridgehead atoms. The summed E-state index contributed by atoms with van der Waals surface area (Å²) in [5, 5.41) is 9.28. The molecule has 1 aliphatic heterocycles. The quantitative estimate of drug-likeness (QED) is 0.815. The van der Waals surface area contributed by atoms with E-state index in [0.717, 1.165) is 23.3 Å². The zero-order chi connectivity index (χ0) is 19.6. The number of rotatable bonds is 6. The average molecular weight is 371 g/mol. The summed E-state index contributed by atoms with van der Waals surface area (Å²) in [6.07, 6.45) is 2.09. The highest BCUT2D eigenvalue weighted by atomic mass is 16.4. The topological polar surface area (TPSA) is 86.3 Å². The van der Waals surface area contributed by atoms with Gasteiger partial charge in [-0.3, -0.25) is 9.59 Å². The lowest BCUT2D eigenvalue weighted by molar-refractivity contribution is -0.140. The lowest BCUT2D eigenvalue weighted by Crippen LogP contribution is -2.45. The highest BCUT2D eigenvalue weighted by Gasteiger charge is 2.33. The second-order valence-electron chi connectivity index (χ2n) is 8.25. The summed E-state index contributed by atoms with van der Waals surface area (Å²) in [6, 6.07) is 6.10. The number of carboxylic acid groups (broad SMARTS) is 1. The Morgan fingerprint density at radius 3 is 2.81 bits per heavy atom. The van der Waals surface area contributed by atoms with Gasteiger partial charge in [0.15, 0.2) is 0 Å². The minimum atomic E-state index is -0.771. The van der Waals surface area contributed by atoms with Crippen LogP contribution in [0.1, 0.15) is 44.5 Å². The summed E-state index contributed by atoms with van der Waals surface area (Å²) in [7, 11) is 0. The van der Waals surface area contributed by atoms with Gasteiger partial charge in [-0.1, -0.05) is 19.9 Å². The van der Waals surface area contributed by atoms with E-state index in [1.165, 1.54) is 5.56 Å². The van der Waals surface area contributed by atoms with Crippen molar-refractivity contribution in [3.8, 4) is 0 Å². The molecular weight excluding hydrogens is 342 g/mol. The Balaban J connectivity index is 1.77. The van der Waals surface area contributed by atoms with Gasteiger partial charge >= 0.3 is 5.97 Å². The van der Waals surface area contributed by atoms with Crippen molar-refractivity contribution in [2.45, 2.75) is 46.5 Å². The zero-order valence-corrected chi connectivity index (χ0v) is 16.4. The van der Waals surface area contributed by atoms with Crippen LogP contribution in [0.25, 0.3) is 11.0 Å². The van der Waals surface area contributed by atoms with Gasteiger partial charge in [0, 0.05) is 32.4 Å². The van der Waals surface area contributed by atoms with Crippen molar-refractivity contribution in [1.82, 2.24) is 14.9 Å². The van der Waals surface area contributed by atoms with Gasteiger partial charge in [-0.2, -0.15) is 0 Å². The van der Waals surface area contributed by atoms with E-state index in [1.807, 2.05) is 37.8 Å². The second-order valence-corrected chi connectivity index (χ2v) is 8.25. The van der Waals surface area contributed by atoms with Gasteiger partial charge in [-0.25, -0.2) is 4.98 Å². The van der Waals surface area contributed by atoms with E-state index < -0.39 is 5.97 Å². The number of hydrogen-bond donors (Lipinski definition) is 2. The number of aromatic nitrogens is 2. The number of hydrogen-bond acceptors (Lipinski definition) is 3. The Bertz CT molecular complexity index is 827. The van der Waals surface area contributed by atoms with Crippen LogP contribution in [0.2, 0.25) is 0 Å². The van der Waals surface area contributed by atoms with Gasteiger partial charge in [0.1, 0.15) is 5.82 Å². The van der Waals surface area contributed by atoms with Gasteiger partial charge in [0.25, 0.3) is 0 Å². The summed E-state index contributed by atoms with van der Waals surface area (Å²) >= 11 is 0. The van der Waals surface area contributed by atoms with E-state index in [2.05, 4.69) is 16.0 Å². The van der Waals surface area contributed by atoms with Crippen LogP contribution in [0.4, 0.5) is 0 Å². The van der Waals surface area contributed by atoms with Crippen LogP contribution in [0.15, 0.2) is 18.2 Å². The first-order chi connectivity index (χ1) is 12.8. The van der Waals surface area contributed by atoms with Crippen LogP contribution in [-0.2, 0) is 16.0 Å². The maximum absolute atomic E-state index is 12.5. The lowest BCUT2D eigenvalue weighted by atomic mass is 9.81. The van der Waals surface area contributed by atoms with Crippen molar-refractivity contribution in [3.63, 3.8) is 0 Å². The zero-order valence-electron chi connectivity index (χ0n) is 16.4. The maximum atomic E-state index is 12.5. The van der Waals surface area contributed by atoms with Crippen LogP contribution < -0.4 is 0 Å². The van der Waals surface area contributed by atoms with Crippen LogP contribution in [0, 0.1) is 24.7 Å². The van der Waals surface area contributed by atoms with Crippen molar-refractivity contribution in [2.24, 2.45) is 17.8 Å². The van der Waals surface area contributed by atoms with Gasteiger partial charge in [-0.05, 0) is 48.8 Å². The number of aryl methyl sites for hydroxylation is 1.